The van der Waals surface area contributed by atoms with Crippen LogP contribution in [0.3, 0.4) is 0 Å². The summed E-state index contributed by atoms with van der Waals surface area (Å²) < 4.78 is 2.89. The van der Waals surface area contributed by atoms with Crippen LogP contribution in [0.4, 0.5) is 5.69 Å². The van der Waals surface area contributed by atoms with E-state index in [0.717, 1.165) is 22.4 Å². The maximum Gasteiger partial charge on any atom is 0.0894 e. The number of aryl methyl sites for hydroxylation is 1. The van der Waals surface area contributed by atoms with Crippen LogP contribution >= 0.6 is 15.9 Å². The summed E-state index contributed by atoms with van der Waals surface area (Å²) in [6.45, 7) is 2.84. The molecule has 0 spiro atoms. The summed E-state index contributed by atoms with van der Waals surface area (Å²) >= 11 is 3.57. The predicted octanol–water partition coefficient (Wildman–Crippen LogP) is 3.95. The van der Waals surface area contributed by atoms with Gasteiger partial charge >= 0.3 is 0 Å². The van der Waals surface area contributed by atoms with Gasteiger partial charge in [-0.15, -0.1) is 5.10 Å². The fourth-order valence-corrected chi connectivity index (χ4v) is 2.53. The molecule has 0 saturated carbocycles. The Morgan fingerprint density at radius 3 is 2.81 bits per heavy atom. The number of nitrogens with zero attached hydrogens (tertiary/aromatic N) is 3. The van der Waals surface area contributed by atoms with E-state index in [1.807, 2.05) is 30.5 Å². The quantitative estimate of drug-likeness (QED) is 0.780. The van der Waals surface area contributed by atoms with Crippen molar-refractivity contribution in [1.29, 1.82) is 0 Å². The molecular formula is C16H15BrN4. The molecule has 0 amide bonds. The van der Waals surface area contributed by atoms with Gasteiger partial charge < -0.3 is 5.32 Å². The van der Waals surface area contributed by atoms with Crippen molar-refractivity contribution in [2.45, 2.75) is 13.5 Å². The Morgan fingerprint density at radius 2 is 2.05 bits per heavy atom. The number of benzene rings is 2. The monoisotopic (exact) mass is 342 g/mol. The standard InChI is InChI=1S/C16H15BrN4/c1-12-6-7-13(10-14(12)17)11-18-15-4-2-3-5-16(15)21-9-8-19-20-21/h2-10,18H,11H2,1H3. The zero-order valence-electron chi connectivity index (χ0n) is 11.6. The van der Waals surface area contributed by atoms with E-state index >= 15 is 0 Å². The minimum atomic E-state index is 0.755. The molecule has 0 fully saturated rings. The van der Waals surface area contributed by atoms with Crippen LogP contribution in [-0.4, -0.2) is 15.0 Å². The Labute approximate surface area is 131 Å². The normalized spacial score (nSPS) is 10.6. The molecular weight excluding hydrogens is 328 g/mol. The zero-order valence-corrected chi connectivity index (χ0v) is 13.2. The van der Waals surface area contributed by atoms with E-state index in [0.29, 0.717) is 0 Å². The molecule has 0 atom stereocenters. The van der Waals surface area contributed by atoms with Crippen molar-refractivity contribution in [3.05, 3.63) is 70.5 Å². The summed E-state index contributed by atoms with van der Waals surface area (Å²) in [4.78, 5) is 0. The third kappa shape index (κ3) is 3.13. The van der Waals surface area contributed by atoms with E-state index in [9.17, 15) is 0 Å². The molecule has 106 valence electrons. The Bertz CT molecular complexity index is 738. The lowest BCUT2D eigenvalue weighted by molar-refractivity contribution is 0.803. The van der Waals surface area contributed by atoms with Gasteiger partial charge in [0.25, 0.3) is 0 Å². The van der Waals surface area contributed by atoms with Crippen LogP contribution in [0.1, 0.15) is 11.1 Å². The van der Waals surface area contributed by atoms with Gasteiger partial charge in [-0.3, -0.25) is 0 Å². The van der Waals surface area contributed by atoms with E-state index in [2.05, 4.69) is 56.7 Å². The summed E-state index contributed by atoms with van der Waals surface area (Å²) in [6.07, 6.45) is 3.51. The molecule has 0 aliphatic carbocycles. The molecule has 2 aromatic carbocycles. The van der Waals surface area contributed by atoms with Gasteiger partial charge in [0.1, 0.15) is 0 Å². The van der Waals surface area contributed by atoms with Gasteiger partial charge in [-0.1, -0.05) is 45.4 Å². The van der Waals surface area contributed by atoms with Crippen molar-refractivity contribution in [2.75, 3.05) is 5.32 Å². The zero-order chi connectivity index (χ0) is 14.7. The highest BCUT2D eigenvalue weighted by molar-refractivity contribution is 9.10. The number of nitrogens with one attached hydrogen (secondary N) is 1. The number of rotatable bonds is 4. The van der Waals surface area contributed by atoms with Gasteiger partial charge in [0, 0.05) is 11.0 Å². The van der Waals surface area contributed by atoms with Crippen molar-refractivity contribution in [1.82, 2.24) is 15.0 Å². The first-order valence-corrected chi connectivity index (χ1v) is 7.48. The maximum absolute atomic E-state index is 4.05. The highest BCUT2D eigenvalue weighted by Crippen LogP contribution is 2.21. The lowest BCUT2D eigenvalue weighted by atomic mass is 10.1. The first-order chi connectivity index (χ1) is 10.2. The molecule has 0 aliphatic heterocycles. The molecule has 0 saturated heterocycles. The summed E-state index contributed by atoms with van der Waals surface area (Å²) in [5.74, 6) is 0. The Balaban J connectivity index is 1.81. The Kier molecular flexibility index (Phi) is 4.01. The Hall–Kier alpha value is -2.14. The average molecular weight is 343 g/mol. The van der Waals surface area contributed by atoms with Gasteiger partial charge in [0.15, 0.2) is 0 Å². The van der Waals surface area contributed by atoms with Crippen LogP contribution in [0.15, 0.2) is 59.3 Å². The Morgan fingerprint density at radius 1 is 1.19 bits per heavy atom. The number of halogens is 1. The number of anilines is 1. The topological polar surface area (TPSA) is 42.7 Å². The van der Waals surface area contributed by atoms with Crippen LogP contribution in [0.5, 0.6) is 0 Å². The fraction of sp³-hybridized carbons (Fsp3) is 0.125. The van der Waals surface area contributed by atoms with E-state index in [1.165, 1.54) is 11.1 Å². The van der Waals surface area contributed by atoms with Crippen LogP contribution in [0.25, 0.3) is 5.69 Å². The van der Waals surface area contributed by atoms with Crippen LogP contribution in [-0.2, 0) is 6.54 Å². The van der Waals surface area contributed by atoms with Gasteiger partial charge in [-0.2, -0.15) is 0 Å². The molecule has 0 unspecified atom stereocenters. The smallest absolute Gasteiger partial charge is 0.0894 e. The summed E-state index contributed by atoms with van der Waals surface area (Å²) in [6, 6.07) is 14.4. The number of para-hydroxylation sites is 2. The number of hydrogen-bond acceptors (Lipinski definition) is 3. The second-order valence-electron chi connectivity index (χ2n) is 4.80. The number of aromatic nitrogens is 3. The molecule has 0 radical (unpaired) electrons. The van der Waals surface area contributed by atoms with Gasteiger partial charge in [-0.25, -0.2) is 4.68 Å². The third-order valence-electron chi connectivity index (χ3n) is 3.29. The molecule has 5 heteroatoms. The SMILES string of the molecule is Cc1ccc(CNc2ccccc2-n2ccnn2)cc1Br. The summed E-state index contributed by atoms with van der Waals surface area (Å²) in [5.41, 5.74) is 4.48. The van der Waals surface area contributed by atoms with Gasteiger partial charge in [0.2, 0.25) is 0 Å². The largest absolute Gasteiger partial charge is 0.379 e. The van der Waals surface area contributed by atoms with Crippen molar-refractivity contribution >= 4 is 21.6 Å². The van der Waals surface area contributed by atoms with E-state index in [4.69, 9.17) is 0 Å². The third-order valence-corrected chi connectivity index (χ3v) is 4.15. The average Bonchev–Trinajstić information content (AvgIpc) is 3.03. The molecule has 3 aromatic rings. The highest BCUT2D eigenvalue weighted by Gasteiger charge is 2.05. The van der Waals surface area contributed by atoms with Crippen molar-refractivity contribution < 1.29 is 0 Å². The first kappa shape index (κ1) is 13.8. The lowest BCUT2D eigenvalue weighted by Gasteiger charge is -2.12. The van der Waals surface area contributed by atoms with Gasteiger partial charge in [0.05, 0.1) is 23.8 Å². The van der Waals surface area contributed by atoms with Crippen LogP contribution in [0, 0.1) is 6.92 Å². The fourth-order valence-electron chi connectivity index (χ4n) is 2.10. The minimum absolute atomic E-state index is 0.755. The van der Waals surface area contributed by atoms with E-state index in [-0.39, 0.29) is 0 Å². The highest BCUT2D eigenvalue weighted by atomic mass is 79.9. The van der Waals surface area contributed by atoms with Crippen LogP contribution < -0.4 is 5.32 Å². The molecule has 21 heavy (non-hydrogen) atoms. The second-order valence-corrected chi connectivity index (χ2v) is 5.66. The molecule has 1 N–H and O–H groups in total. The number of hydrogen-bond donors (Lipinski definition) is 1. The summed E-state index contributed by atoms with van der Waals surface area (Å²) in [5, 5.41) is 11.4. The molecule has 1 aromatic heterocycles. The van der Waals surface area contributed by atoms with E-state index in [1.54, 1.807) is 10.9 Å². The van der Waals surface area contributed by atoms with E-state index < -0.39 is 0 Å². The summed E-state index contributed by atoms with van der Waals surface area (Å²) in [7, 11) is 0. The molecule has 4 nitrogen and oxygen atoms in total. The predicted molar refractivity (Wildman–Crippen MR) is 87.6 cm³/mol. The van der Waals surface area contributed by atoms with Crippen molar-refractivity contribution in [3.63, 3.8) is 0 Å². The molecule has 1 heterocycles. The first-order valence-electron chi connectivity index (χ1n) is 6.68. The maximum atomic E-state index is 4.05. The molecule has 0 bridgehead atoms. The molecule has 0 aliphatic rings. The van der Waals surface area contributed by atoms with Crippen molar-refractivity contribution in [2.24, 2.45) is 0 Å². The minimum Gasteiger partial charge on any atom is -0.379 e. The van der Waals surface area contributed by atoms with Crippen LogP contribution in [0.2, 0.25) is 0 Å². The van der Waals surface area contributed by atoms with Crippen molar-refractivity contribution in [3.8, 4) is 5.69 Å². The van der Waals surface area contributed by atoms with Gasteiger partial charge in [-0.05, 0) is 36.2 Å². The lowest BCUT2D eigenvalue weighted by Crippen LogP contribution is -2.05. The second kappa shape index (κ2) is 6.10. The molecule has 3 rings (SSSR count).